The Labute approximate surface area is 96.6 Å². The van der Waals surface area contributed by atoms with Crippen LogP contribution < -0.4 is 5.73 Å². The SMILES string of the molecule is CC(=O)C(Cl)c1ccc(CBr)c(N)c1. The third-order valence-electron chi connectivity index (χ3n) is 1.96. The predicted octanol–water partition coefficient (Wildman–Crippen LogP) is 3.03. The van der Waals surface area contributed by atoms with E-state index in [1.165, 1.54) is 6.92 Å². The lowest BCUT2D eigenvalue weighted by Crippen LogP contribution is -2.03. The van der Waals surface area contributed by atoms with E-state index in [0.717, 1.165) is 11.1 Å². The molecule has 1 rings (SSSR count). The number of benzene rings is 1. The molecule has 2 N–H and O–H groups in total. The number of anilines is 1. The number of alkyl halides is 2. The van der Waals surface area contributed by atoms with Gasteiger partial charge in [0.25, 0.3) is 0 Å². The molecule has 0 aliphatic carbocycles. The number of Topliss-reactive ketones (excluding diaryl/α,β-unsaturated/α-hetero) is 1. The Hall–Kier alpha value is -0.540. The van der Waals surface area contributed by atoms with Crippen LogP contribution in [0.3, 0.4) is 0 Å². The molecule has 76 valence electrons. The smallest absolute Gasteiger partial charge is 0.152 e. The van der Waals surface area contributed by atoms with Crippen LogP contribution in [-0.2, 0) is 10.1 Å². The van der Waals surface area contributed by atoms with Crippen molar-refractivity contribution < 1.29 is 4.79 Å². The average molecular weight is 277 g/mol. The van der Waals surface area contributed by atoms with Crippen molar-refractivity contribution in [2.75, 3.05) is 5.73 Å². The molecule has 1 unspecified atom stereocenters. The number of ketones is 1. The zero-order valence-electron chi connectivity index (χ0n) is 7.76. The standard InChI is InChI=1S/C10H11BrClNO/c1-6(14)10(12)7-2-3-8(5-11)9(13)4-7/h2-4,10H,5,13H2,1H3. The minimum Gasteiger partial charge on any atom is -0.398 e. The van der Waals surface area contributed by atoms with Crippen LogP contribution in [0.5, 0.6) is 0 Å². The van der Waals surface area contributed by atoms with E-state index >= 15 is 0 Å². The lowest BCUT2D eigenvalue weighted by molar-refractivity contribution is -0.116. The van der Waals surface area contributed by atoms with Gasteiger partial charge in [-0.25, -0.2) is 0 Å². The predicted molar refractivity (Wildman–Crippen MR) is 62.8 cm³/mol. The molecule has 1 atom stereocenters. The molecule has 0 bridgehead atoms. The molecule has 14 heavy (non-hydrogen) atoms. The molecular weight excluding hydrogens is 265 g/mol. The number of nitrogens with two attached hydrogens (primary N) is 1. The Kier molecular flexibility index (Phi) is 3.96. The van der Waals surface area contributed by atoms with Gasteiger partial charge in [-0.1, -0.05) is 28.1 Å². The molecule has 0 saturated heterocycles. The first-order valence-corrected chi connectivity index (χ1v) is 5.71. The van der Waals surface area contributed by atoms with Gasteiger partial charge in [-0.3, -0.25) is 4.79 Å². The van der Waals surface area contributed by atoms with Crippen molar-refractivity contribution in [3.05, 3.63) is 29.3 Å². The van der Waals surface area contributed by atoms with Crippen LogP contribution in [0.1, 0.15) is 23.4 Å². The largest absolute Gasteiger partial charge is 0.398 e. The molecule has 1 aromatic rings. The van der Waals surface area contributed by atoms with Crippen molar-refractivity contribution in [1.29, 1.82) is 0 Å². The van der Waals surface area contributed by atoms with Crippen LogP contribution >= 0.6 is 27.5 Å². The van der Waals surface area contributed by atoms with Crippen LogP contribution in [0, 0.1) is 0 Å². The molecule has 0 aromatic heterocycles. The molecule has 2 nitrogen and oxygen atoms in total. The Balaban J connectivity index is 3.02. The summed E-state index contributed by atoms with van der Waals surface area (Å²) in [5, 5.41) is 0.105. The zero-order valence-corrected chi connectivity index (χ0v) is 10.1. The van der Waals surface area contributed by atoms with E-state index in [1.54, 1.807) is 6.07 Å². The van der Waals surface area contributed by atoms with Crippen molar-refractivity contribution in [2.24, 2.45) is 0 Å². The number of nitrogen functional groups attached to an aromatic ring is 1. The van der Waals surface area contributed by atoms with E-state index in [1.807, 2.05) is 12.1 Å². The van der Waals surface area contributed by atoms with Gasteiger partial charge in [0.2, 0.25) is 0 Å². The van der Waals surface area contributed by atoms with Crippen LogP contribution in [0.15, 0.2) is 18.2 Å². The molecule has 4 heteroatoms. The molecule has 0 amide bonds. The fraction of sp³-hybridized carbons (Fsp3) is 0.300. The summed E-state index contributed by atoms with van der Waals surface area (Å²) in [6.45, 7) is 1.46. The van der Waals surface area contributed by atoms with Crippen LogP contribution in [0.2, 0.25) is 0 Å². The third-order valence-corrected chi connectivity index (χ3v) is 3.13. The molecule has 0 radical (unpaired) electrons. The number of carbonyl (C=O) groups excluding carboxylic acids is 1. The van der Waals surface area contributed by atoms with Crippen molar-refractivity contribution in [3.63, 3.8) is 0 Å². The summed E-state index contributed by atoms with van der Waals surface area (Å²) in [5.74, 6) is -0.0716. The Morgan fingerprint density at radius 3 is 2.71 bits per heavy atom. The Bertz CT molecular complexity index is 354. The Morgan fingerprint density at radius 1 is 1.64 bits per heavy atom. The quantitative estimate of drug-likeness (QED) is 0.681. The molecule has 1 aromatic carbocycles. The van der Waals surface area contributed by atoms with E-state index in [2.05, 4.69) is 15.9 Å². The van der Waals surface area contributed by atoms with E-state index in [-0.39, 0.29) is 5.78 Å². The fourth-order valence-corrected chi connectivity index (χ4v) is 1.77. The van der Waals surface area contributed by atoms with Crippen LogP contribution in [0.4, 0.5) is 5.69 Å². The monoisotopic (exact) mass is 275 g/mol. The molecular formula is C10H11BrClNO. The summed E-state index contributed by atoms with van der Waals surface area (Å²) >= 11 is 9.21. The summed E-state index contributed by atoms with van der Waals surface area (Å²) in [4.78, 5) is 11.0. The zero-order chi connectivity index (χ0) is 10.7. The van der Waals surface area contributed by atoms with Gasteiger partial charge >= 0.3 is 0 Å². The summed E-state index contributed by atoms with van der Waals surface area (Å²) in [6.07, 6.45) is 0. The second kappa shape index (κ2) is 4.80. The molecule has 0 heterocycles. The van der Waals surface area contributed by atoms with Gasteiger partial charge in [0.15, 0.2) is 5.78 Å². The summed E-state index contributed by atoms with van der Waals surface area (Å²) in [5.41, 5.74) is 8.18. The average Bonchev–Trinajstić information content (AvgIpc) is 2.16. The highest BCUT2D eigenvalue weighted by atomic mass is 79.9. The number of rotatable bonds is 3. The highest BCUT2D eigenvalue weighted by Gasteiger charge is 2.13. The number of hydrogen-bond acceptors (Lipinski definition) is 2. The molecule has 0 aliphatic rings. The maximum atomic E-state index is 11.0. The van der Waals surface area contributed by atoms with Gasteiger partial charge in [0.05, 0.1) is 0 Å². The minimum absolute atomic E-state index is 0.0716. The fourth-order valence-electron chi connectivity index (χ4n) is 1.13. The molecule has 0 aliphatic heterocycles. The van der Waals surface area contributed by atoms with Crippen molar-refractivity contribution in [2.45, 2.75) is 17.6 Å². The summed E-state index contributed by atoms with van der Waals surface area (Å²) < 4.78 is 0. The highest BCUT2D eigenvalue weighted by Crippen LogP contribution is 2.25. The number of hydrogen-bond donors (Lipinski definition) is 1. The van der Waals surface area contributed by atoms with Crippen molar-refractivity contribution in [1.82, 2.24) is 0 Å². The first kappa shape index (κ1) is 11.5. The second-order valence-corrected chi connectivity index (χ2v) is 4.06. The van der Waals surface area contributed by atoms with Crippen LogP contribution in [0.25, 0.3) is 0 Å². The van der Waals surface area contributed by atoms with Gasteiger partial charge in [0, 0.05) is 11.0 Å². The number of halogens is 2. The van der Waals surface area contributed by atoms with Crippen LogP contribution in [-0.4, -0.2) is 5.78 Å². The maximum absolute atomic E-state index is 11.0. The van der Waals surface area contributed by atoms with Gasteiger partial charge in [0.1, 0.15) is 5.38 Å². The lowest BCUT2D eigenvalue weighted by Gasteiger charge is -2.08. The van der Waals surface area contributed by atoms with E-state index in [9.17, 15) is 4.79 Å². The normalized spacial score (nSPS) is 12.5. The summed E-state index contributed by atoms with van der Waals surface area (Å²) in [7, 11) is 0. The third kappa shape index (κ3) is 2.49. The van der Waals surface area contributed by atoms with Crippen molar-refractivity contribution >= 4 is 39.0 Å². The van der Waals surface area contributed by atoms with E-state index < -0.39 is 5.38 Å². The number of carbonyl (C=O) groups is 1. The second-order valence-electron chi connectivity index (χ2n) is 3.07. The maximum Gasteiger partial charge on any atom is 0.152 e. The highest BCUT2D eigenvalue weighted by molar-refractivity contribution is 9.08. The van der Waals surface area contributed by atoms with E-state index in [0.29, 0.717) is 11.0 Å². The van der Waals surface area contributed by atoms with E-state index in [4.69, 9.17) is 17.3 Å². The topological polar surface area (TPSA) is 43.1 Å². The van der Waals surface area contributed by atoms with Gasteiger partial charge in [-0.15, -0.1) is 11.6 Å². The first-order valence-electron chi connectivity index (χ1n) is 4.15. The minimum atomic E-state index is -0.596. The molecule has 0 saturated carbocycles. The van der Waals surface area contributed by atoms with Gasteiger partial charge in [-0.2, -0.15) is 0 Å². The first-order chi connectivity index (χ1) is 6.56. The molecule has 0 spiro atoms. The summed E-state index contributed by atoms with van der Waals surface area (Å²) in [6, 6.07) is 5.44. The molecule has 0 fully saturated rings. The Morgan fingerprint density at radius 2 is 2.29 bits per heavy atom. The lowest BCUT2D eigenvalue weighted by atomic mass is 10.1. The van der Waals surface area contributed by atoms with Crippen molar-refractivity contribution in [3.8, 4) is 0 Å². The van der Waals surface area contributed by atoms with Gasteiger partial charge < -0.3 is 5.73 Å². The van der Waals surface area contributed by atoms with Gasteiger partial charge in [-0.05, 0) is 24.1 Å².